The lowest BCUT2D eigenvalue weighted by Crippen LogP contribution is -2.22. The van der Waals surface area contributed by atoms with Crippen molar-refractivity contribution in [3.63, 3.8) is 0 Å². The van der Waals surface area contributed by atoms with Gasteiger partial charge in [-0.2, -0.15) is 0 Å². The summed E-state index contributed by atoms with van der Waals surface area (Å²) < 4.78 is 15.1. The first kappa shape index (κ1) is 15.0. The van der Waals surface area contributed by atoms with Crippen molar-refractivity contribution in [1.82, 2.24) is 5.32 Å². The molecule has 1 nitrogen and oxygen atoms in total. The molecule has 19 heavy (non-hydrogen) atoms. The highest BCUT2D eigenvalue weighted by molar-refractivity contribution is 9.10. The van der Waals surface area contributed by atoms with Crippen molar-refractivity contribution in [1.29, 1.82) is 0 Å². The van der Waals surface area contributed by atoms with Crippen molar-refractivity contribution in [3.05, 3.63) is 54.9 Å². The minimum atomic E-state index is -0.277. The van der Waals surface area contributed by atoms with Crippen LogP contribution >= 0.6 is 38.9 Å². The van der Waals surface area contributed by atoms with Crippen molar-refractivity contribution in [2.24, 2.45) is 0 Å². The van der Waals surface area contributed by atoms with Gasteiger partial charge in [0, 0.05) is 24.8 Å². The molecular weight excluding hydrogens is 349 g/mol. The summed E-state index contributed by atoms with van der Waals surface area (Å²) in [5.41, 5.74) is 0.514. The molecule has 0 aliphatic heterocycles. The van der Waals surface area contributed by atoms with Crippen LogP contribution in [0, 0.1) is 12.7 Å². The fourth-order valence-electron chi connectivity index (χ4n) is 1.96. The van der Waals surface area contributed by atoms with Gasteiger partial charge in [-0.3, -0.25) is 0 Å². The second-order valence-electron chi connectivity index (χ2n) is 4.18. The zero-order valence-corrected chi connectivity index (χ0v) is 13.8. The van der Waals surface area contributed by atoms with Crippen molar-refractivity contribution in [2.45, 2.75) is 19.9 Å². The number of aryl methyl sites for hydroxylation is 1. The fraction of sp³-hybridized carbons (Fsp3) is 0.286. The third-order valence-electron chi connectivity index (χ3n) is 2.86. The van der Waals surface area contributed by atoms with Gasteiger partial charge in [-0.05, 0) is 47.6 Å². The van der Waals surface area contributed by atoms with Gasteiger partial charge in [-0.25, -0.2) is 4.39 Å². The average molecular weight is 363 g/mol. The molecular formula is C14H14BrClFNS. The standard InChI is InChI=1S/C14H14BrClFNS/c1-3-18-14(12-7-9(15)8(2)19-12)13-10(16)5-4-6-11(13)17/h4-7,14,18H,3H2,1-2H3. The van der Waals surface area contributed by atoms with Gasteiger partial charge in [0.15, 0.2) is 0 Å². The Kier molecular flexibility index (Phi) is 5.01. The summed E-state index contributed by atoms with van der Waals surface area (Å²) in [4.78, 5) is 2.23. The lowest BCUT2D eigenvalue weighted by molar-refractivity contribution is 0.563. The number of hydrogen-bond donors (Lipinski definition) is 1. The van der Waals surface area contributed by atoms with Crippen LogP contribution in [0.2, 0.25) is 5.02 Å². The van der Waals surface area contributed by atoms with Gasteiger partial charge in [0.05, 0.1) is 6.04 Å². The lowest BCUT2D eigenvalue weighted by Gasteiger charge is -2.19. The predicted molar refractivity (Wildman–Crippen MR) is 83.7 cm³/mol. The number of rotatable bonds is 4. The van der Waals surface area contributed by atoms with Gasteiger partial charge < -0.3 is 5.32 Å². The normalized spacial score (nSPS) is 12.7. The van der Waals surface area contributed by atoms with Crippen LogP contribution in [0.5, 0.6) is 0 Å². The lowest BCUT2D eigenvalue weighted by atomic mass is 10.0. The summed E-state index contributed by atoms with van der Waals surface area (Å²) in [6, 6.07) is 6.60. The third-order valence-corrected chi connectivity index (χ3v) is 5.39. The minimum absolute atomic E-state index is 0.214. The molecule has 0 fully saturated rings. The fourth-order valence-corrected chi connectivity index (χ4v) is 3.88. The Bertz CT molecular complexity index is 545. The van der Waals surface area contributed by atoms with E-state index in [1.54, 1.807) is 23.5 Å². The number of thiophene rings is 1. The Labute approximate surface area is 129 Å². The molecule has 2 rings (SSSR count). The molecule has 1 N–H and O–H groups in total. The van der Waals surface area contributed by atoms with Crippen LogP contribution in [-0.2, 0) is 0 Å². The molecule has 0 saturated heterocycles. The van der Waals surface area contributed by atoms with E-state index in [9.17, 15) is 4.39 Å². The smallest absolute Gasteiger partial charge is 0.129 e. The van der Waals surface area contributed by atoms with Gasteiger partial charge in [-0.1, -0.05) is 24.6 Å². The van der Waals surface area contributed by atoms with Crippen molar-refractivity contribution >= 4 is 38.9 Å². The summed E-state index contributed by atoms with van der Waals surface area (Å²) in [7, 11) is 0. The van der Waals surface area contributed by atoms with Crippen molar-refractivity contribution in [3.8, 4) is 0 Å². The van der Waals surface area contributed by atoms with E-state index in [1.165, 1.54) is 10.9 Å². The molecule has 1 atom stereocenters. The quantitative estimate of drug-likeness (QED) is 0.777. The number of nitrogens with one attached hydrogen (secondary N) is 1. The van der Waals surface area contributed by atoms with Gasteiger partial charge in [0.2, 0.25) is 0 Å². The van der Waals surface area contributed by atoms with E-state index in [-0.39, 0.29) is 11.9 Å². The van der Waals surface area contributed by atoms with Crippen LogP contribution in [0.1, 0.15) is 28.3 Å². The number of benzene rings is 1. The summed E-state index contributed by atoms with van der Waals surface area (Å²) in [5.74, 6) is -0.277. The summed E-state index contributed by atoms with van der Waals surface area (Å²) in [6.45, 7) is 4.77. The van der Waals surface area contributed by atoms with Crippen molar-refractivity contribution in [2.75, 3.05) is 6.54 Å². The predicted octanol–water partition coefficient (Wildman–Crippen LogP) is 5.31. The largest absolute Gasteiger partial charge is 0.306 e. The molecule has 0 radical (unpaired) electrons. The maximum absolute atomic E-state index is 14.1. The molecule has 0 saturated carbocycles. The molecule has 5 heteroatoms. The topological polar surface area (TPSA) is 12.0 Å². The Hall–Kier alpha value is -0.420. The van der Waals surface area contributed by atoms with E-state index in [2.05, 4.69) is 21.2 Å². The van der Waals surface area contributed by atoms with E-state index >= 15 is 0 Å². The zero-order valence-electron chi connectivity index (χ0n) is 10.6. The number of hydrogen-bond acceptors (Lipinski definition) is 2. The van der Waals surface area contributed by atoms with E-state index < -0.39 is 0 Å². The maximum atomic E-state index is 14.1. The Morgan fingerprint density at radius 2 is 2.21 bits per heavy atom. The first-order valence-corrected chi connectivity index (χ1v) is 7.96. The average Bonchev–Trinajstić information content (AvgIpc) is 2.68. The highest BCUT2D eigenvalue weighted by Gasteiger charge is 2.22. The van der Waals surface area contributed by atoms with E-state index in [0.29, 0.717) is 10.6 Å². The van der Waals surface area contributed by atoms with Crippen LogP contribution in [0.25, 0.3) is 0 Å². The highest BCUT2D eigenvalue weighted by Crippen LogP contribution is 2.37. The Balaban J connectivity index is 2.51. The van der Waals surface area contributed by atoms with Gasteiger partial charge in [0.25, 0.3) is 0 Å². The van der Waals surface area contributed by atoms with Crippen LogP contribution in [0.15, 0.2) is 28.7 Å². The second kappa shape index (κ2) is 6.35. The number of halogens is 3. The zero-order chi connectivity index (χ0) is 14.0. The molecule has 0 aliphatic carbocycles. The van der Waals surface area contributed by atoms with Crippen LogP contribution in [0.4, 0.5) is 4.39 Å². The molecule has 1 aromatic heterocycles. The van der Waals surface area contributed by atoms with Gasteiger partial charge in [-0.15, -0.1) is 11.3 Å². The summed E-state index contributed by atoms with van der Waals surface area (Å²) in [6.07, 6.45) is 0. The van der Waals surface area contributed by atoms with Crippen LogP contribution in [-0.4, -0.2) is 6.54 Å². The molecule has 2 aromatic rings. The molecule has 0 bridgehead atoms. The molecule has 0 aliphatic rings. The van der Waals surface area contributed by atoms with E-state index in [4.69, 9.17) is 11.6 Å². The molecule has 1 unspecified atom stereocenters. The first-order valence-electron chi connectivity index (χ1n) is 5.97. The molecule has 1 aromatic carbocycles. The molecule has 0 amide bonds. The maximum Gasteiger partial charge on any atom is 0.129 e. The van der Waals surface area contributed by atoms with Crippen molar-refractivity contribution < 1.29 is 4.39 Å². The molecule has 1 heterocycles. The van der Waals surface area contributed by atoms with Crippen LogP contribution in [0.3, 0.4) is 0 Å². The summed E-state index contributed by atoms with van der Waals surface area (Å²) in [5, 5.41) is 3.75. The second-order valence-corrected chi connectivity index (χ2v) is 6.73. The minimum Gasteiger partial charge on any atom is -0.306 e. The van der Waals surface area contributed by atoms with E-state index in [0.717, 1.165) is 15.9 Å². The summed E-state index contributed by atoms with van der Waals surface area (Å²) >= 11 is 11.3. The SMILES string of the molecule is CCNC(c1cc(Br)c(C)s1)c1c(F)cccc1Cl. The molecule has 102 valence electrons. The Morgan fingerprint density at radius 1 is 1.47 bits per heavy atom. The van der Waals surface area contributed by atoms with Gasteiger partial charge in [0.1, 0.15) is 5.82 Å². The monoisotopic (exact) mass is 361 g/mol. The Morgan fingerprint density at radius 3 is 2.74 bits per heavy atom. The van der Waals surface area contributed by atoms with Crippen LogP contribution < -0.4 is 5.32 Å². The van der Waals surface area contributed by atoms with E-state index in [1.807, 2.05) is 19.9 Å². The molecule has 0 spiro atoms. The van der Waals surface area contributed by atoms with Gasteiger partial charge >= 0.3 is 0 Å². The highest BCUT2D eigenvalue weighted by atomic mass is 79.9. The third kappa shape index (κ3) is 3.19. The first-order chi connectivity index (χ1) is 9.04.